The Morgan fingerprint density at radius 1 is 0.944 bits per heavy atom. The number of hydrogen-bond donors (Lipinski definition) is 1. The summed E-state index contributed by atoms with van der Waals surface area (Å²) in [4.78, 5) is 0. The summed E-state index contributed by atoms with van der Waals surface area (Å²) < 4.78 is 2.61. The highest BCUT2D eigenvalue weighted by atomic mass is 15.0. The van der Waals surface area contributed by atoms with Crippen LogP contribution in [-0.2, 0) is 32.2 Å². The first-order valence-electron chi connectivity index (χ1n) is 7.63. The Kier molecular flexibility index (Phi) is 3.27. The number of hydrogen-bond acceptors (Lipinski definition) is 1. The van der Waals surface area contributed by atoms with Crippen LogP contribution in [0.15, 0.2) is 0 Å². The Bertz CT molecular complexity index is 511. The van der Waals surface area contributed by atoms with Gasteiger partial charge in [0.2, 0.25) is 0 Å². The van der Waals surface area contributed by atoms with E-state index in [0.717, 1.165) is 18.2 Å². The van der Waals surface area contributed by atoms with Crippen molar-refractivity contribution in [3.8, 4) is 0 Å². The van der Waals surface area contributed by atoms with E-state index in [0.29, 0.717) is 0 Å². The van der Waals surface area contributed by atoms with E-state index in [4.69, 9.17) is 5.41 Å². The van der Waals surface area contributed by atoms with E-state index in [9.17, 15) is 0 Å². The van der Waals surface area contributed by atoms with Gasteiger partial charge in [-0.05, 0) is 62.5 Å². The van der Waals surface area contributed by atoms with Crippen molar-refractivity contribution in [3.05, 3.63) is 27.9 Å². The zero-order valence-corrected chi connectivity index (χ0v) is 11.5. The van der Waals surface area contributed by atoms with Crippen molar-refractivity contribution < 1.29 is 0 Å². The molecule has 0 aliphatic heterocycles. The molecule has 2 aliphatic rings. The van der Waals surface area contributed by atoms with Crippen LogP contribution >= 0.6 is 0 Å². The van der Waals surface area contributed by atoms with Gasteiger partial charge in [-0.15, -0.1) is 0 Å². The SMILES string of the molecule is CCCCn1c2c(c(=N)c3c1CCC3)CCCC2. The molecule has 0 unspecified atom stereocenters. The maximum atomic E-state index is 8.47. The molecule has 2 aliphatic carbocycles. The molecule has 0 fully saturated rings. The number of nitrogens with zero attached hydrogens (tertiary/aromatic N) is 1. The van der Waals surface area contributed by atoms with Crippen molar-refractivity contribution in [1.29, 1.82) is 5.41 Å². The molecule has 0 atom stereocenters. The summed E-state index contributed by atoms with van der Waals surface area (Å²) in [6.07, 6.45) is 11.1. The van der Waals surface area contributed by atoms with Crippen LogP contribution in [0.4, 0.5) is 0 Å². The predicted molar refractivity (Wildman–Crippen MR) is 73.9 cm³/mol. The zero-order valence-electron chi connectivity index (χ0n) is 11.5. The molecule has 0 aromatic carbocycles. The van der Waals surface area contributed by atoms with E-state index in [2.05, 4.69) is 11.5 Å². The molecule has 0 saturated carbocycles. The third kappa shape index (κ3) is 1.82. The standard InChI is InChI=1S/C16H24N2/c1-2-3-11-18-14-9-5-4-7-12(14)16(17)13-8-6-10-15(13)18/h17H,2-11H2,1H3. The van der Waals surface area contributed by atoms with Crippen LogP contribution in [0.2, 0.25) is 0 Å². The topological polar surface area (TPSA) is 28.8 Å². The van der Waals surface area contributed by atoms with Crippen molar-refractivity contribution >= 4 is 0 Å². The predicted octanol–water partition coefficient (Wildman–Crippen LogP) is 3.14. The molecule has 1 aromatic rings. The van der Waals surface area contributed by atoms with E-state index >= 15 is 0 Å². The quantitative estimate of drug-likeness (QED) is 0.846. The van der Waals surface area contributed by atoms with Crippen molar-refractivity contribution in [3.63, 3.8) is 0 Å². The molecule has 0 saturated heterocycles. The van der Waals surface area contributed by atoms with Gasteiger partial charge in [-0.1, -0.05) is 13.3 Å². The summed E-state index contributed by atoms with van der Waals surface area (Å²) in [5.41, 5.74) is 5.79. The molecule has 0 amide bonds. The monoisotopic (exact) mass is 244 g/mol. The number of nitrogens with one attached hydrogen (secondary N) is 1. The number of unbranched alkanes of at least 4 members (excludes halogenated alkanes) is 1. The minimum absolute atomic E-state index is 0.907. The molecule has 0 radical (unpaired) electrons. The van der Waals surface area contributed by atoms with Crippen molar-refractivity contribution in [1.82, 2.24) is 4.57 Å². The van der Waals surface area contributed by atoms with E-state index in [1.165, 1.54) is 74.0 Å². The van der Waals surface area contributed by atoms with Crippen LogP contribution in [-0.4, -0.2) is 4.57 Å². The van der Waals surface area contributed by atoms with Crippen molar-refractivity contribution in [2.24, 2.45) is 0 Å². The molecular formula is C16H24N2. The molecule has 18 heavy (non-hydrogen) atoms. The van der Waals surface area contributed by atoms with Gasteiger partial charge in [0.05, 0.1) is 5.36 Å². The van der Waals surface area contributed by atoms with Gasteiger partial charge in [-0.2, -0.15) is 0 Å². The minimum Gasteiger partial charge on any atom is -0.348 e. The third-order valence-corrected chi connectivity index (χ3v) is 4.62. The number of pyridine rings is 1. The zero-order chi connectivity index (χ0) is 12.5. The molecule has 2 nitrogen and oxygen atoms in total. The first-order chi connectivity index (χ1) is 8.83. The second-order valence-electron chi connectivity index (χ2n) is 5.79. The van der Waals surface area contributed by atoms with Crippen LogP contribution in [0.1, 0.15) is 61.5 Å². The summed E-state index contributed by atoms with van der Waals surface area (Å²) in [6.45, 7) is 3.45. The Morgan fingerprint density at radius 3 is 2.28 bits per heavy atom. The van der Waals surface area contributed by atoms with Crippen LogP contribution < -0.4 is 5.36 Å². The van der Waals surface area contributed by atoms with Gasteiger partial charge >= 0.3 is 0 Å². The largest absolute Gasteiger partial charge is 0.348 e. The highest BCUT2D eigenvalue weighted by Crippen LogP contribution is 2.27. The second kappa shape index (κ2) is 4.91. The summed E-state index contributed by atoms with van der Waals surface area (Å²) in [6, 6.07) is 0. The first-order valence-corrected chi connectivity index (χ1v) is 7.63. The van der Waals surface area contributed by atoms with Gasteiger partial charge in [0.25, 0.3) is 0 Å². The molecule has 0 bridgehead atoms. The number of rotatable bonds is 3. The van der Waals surface area contributed by atoms with Crippen LogP contribution in [0.25, 0.3) is 0 Å². The molecule has 1 N–H and O–H groups in total. The molecule has 3 rings (SSSR count). The smallest absolute Gasteiger partial charge is 0.0638 e. The average Bonchev–Trinajstić information content (AvgIpc) is 2.88. The van der Waals surface area contributed by atoms with Gasteiger partial charge in [0, 0.05) is 17.9 Å². The minimum atomic E-state index is 0.907. The summed E-state index contributed by atoms with van der Waals surface area (Å²) in [5, 5.41) is 9.37. The summed E-state index contributed by atoms with van der Waals surface area (Å²) in [5.74, 6) is 0. The highest BCUT2D eigenvalue weighted by Gasteiger charge is 2.23. The molecule has 2 heteroatoms. The molecule has 1 aromatic heterocycles. The van der Waals surface area contributed by atoms with Crippen LogP contribution in [0.5, 0.6) is 0 Å². The highest BCUT2D eigenvalue weighted by molar-refractivity contribution is 5.35. The lowest BCUT2D eigenvalue weighted by atomic mass is 9.92. The second-order valence-corrected chi connectivity index (χ2v) is 5.79. The maximum absolute atomic E-state index is 8.47. The van der Waals surface area contributed by atoms with Gasteiger partial charge in [0.1, 0.15) is 0 Å². The third-order valence-electron chi connectivity index (χ3n) is 4.62. The van der Waals surface area contributed by atoms with Crippen LogP contribution in [0.3, 0.4) is 0 Å². The lowest BCUT2D eigenvalue weighted by molar-refractivity contribution is 0.540. The van der Waals surface area contributed by atoms with E-state index < -0.39 is 0 Å². The van der Waals surface area contributed by atoms with Gasteiger partial charge < -0.3 is 9.98 Å². The van der Waals surface area contributed by atoms with Crippen molar-refractivity contribution in [2.75, 3.05) is 0 Å². The summed E-state index contributed by atoms with van der Waals surface area (Å²) in [7, 11) is 0. The number of aromatic nitrogens is 1. The summed E-state index contributed by atoms with van der Waals surface area (Å²) >= 11 is 0. The Hall–Kier alpha value is -1.05. The van der Waals surface area contributed by atoms with E-state index in [1.807, 2.05) is 0 Å². The van der Waals surface area contributed by atoms with Gasteiger partial charge in [-0.3, -0.25) is 0 Å². The van der Waals surface area contributed by atoms with E-state index in [1.54, 1.807) is 0 Å². The fourth-order valence-corrected chi connectivity index (χ4v) is 3.68. The molecule has 1 heterocycles. The maximum Gasteiger partial charge on any atom is 0.0638 e. The number of fused-ring (bicyclic) bond motifs is 2. The Morgan fingerprint density at radius 2 is 1.56 bits per heavy atom. The molecule has 0 spiro atoms. The lowest BCUT2D eigenvalue weighted by Crippen LogP contribution is -2.27. The van der Waals surface area contributed by atoms with Gasteiger partial charge in [0.15, 0.2) is 0 Å². The van der Waals surface area contributed by atoms with Crippen molar-refractivity contribution in [2.45, 2.75) is 71.3 Å². The normalized spacial score (nSPS) is 17.6. The molecule has 98 valence electrons. The first kappa shape index (κ1) is 12.0. The van der Waals surface area contributed by atoms with Gasteiger partial charge in [-0.25, -0.2) is 0 Å². The van der Waals surface area contributed by atoms with E-state index in [-0.39, 0.29) is 0 Å². The Labute approximate surface area is 110 Å². The molecular weight excluding hydrogens is 220 g/mol. The van der Waals surface area contributed by atoms with Crippen LogP contribution in [0, 0.1) is 5.41 Å². The lowest BCUT2D eigenvalue weighted by Gasteiger charge is -2.25. The fourth-order valence-electron chi connectivity index (χ4n) is 3.68. The fraction of sp³-hybridized carbons (Fsp3) is 0.688. The average molecular weight is 244 g/mol. The Balaban J connectivity index is 2.16.